The van der Waals surface area contributed by atoms with E-state index >= 15 is 0 Å². The molecule has 2 unspecified atom stereocenters. The number of hydrogen-bond acceptors (Lipinski definition) is 3. The minimum absolute atomic E-state index is 0.0215. The molecule has 2 heterocycles. The third-order valence-corrected chi connectivity index (χ3v) is 3.96. The molecule has 5 heteroatoms. The van der Waals surface area contributed by atoms with Gasteiger partial charge in [0, 0.05) is 26.1 Å². The van der Waals surface area contributed by atoms with Gasteiger partial charge in [-0.15, -0.1) is 0 Å². The van der Waals surface area contributed by atoms with E-state index in [9.17, 15) is 9.59 Å². The van der Waals surface area contributed by atoms with Crippen molar-refractivity contribution in [3.8, 4) is 0 Å². The summed E-state index contributed by atoms with van der Waals surface area (Å²) < 4.78 is 5.76. The number of nitrogens with one attached hydrogen (secondary N) is 1. The Morgan fingerprint density at radius 2 is 2.26 bits per heavy atom. The number of nitrogens with zero attached hydrogens (tertiary/aromatic N) is 1. The normalized spacial score (nSPS) is 32.3. The van der Waals surface area contributed by atoms with E-state index < -0.39 is 0 Å². The summed E-state index contributed by atoms with van der Waals surface area (Å²) in [6.07, 6.45) is 4.02. The van der Waals surface area contributed by atoms with Gasteiger partial charge in [-0.2, -0.15) is 0 Å². The first-order valence-corrected chi connectivity index (χ1v) is 7.26. The molecule has 0 aromatic heterocycles. The van der Waals surface area contributed by atoms with E-state index in [1.807, 2.05) is 11.8 Å². The molecular formula is C14H24N2O3. The summed E-state index contributed by atoms with van der Waals surface area (Å²) in [5.74, 6) is 0.0243. The van der Waals surface area contributed by atoms with Crippen LogP contribution in [0.25, 0.3) is 0 Å². The minimum atomic E-state index is -0.356. The van der Waals surface area contributed by atoms with Crippen molar-refractivity contribution >= 4 is 11.8 Å². The Kier molecular flexibility index (Phi) is 4.45. The smallest absolute Gasteiger partial charge is 0.245 e. The summed E-state index contributed by atoms with van der Waals surface area (Å²) in [5, 5.41) is 2.83. The van der Waals surface area contributed by atoms with Crippen LogP contribution in [0.15, 0.2) is 0 Å². The molecule has 2 aliphatic heterocycles. The zero-order valence-electron chi connectivity index (χ0n) is 11.9. The van der Waals surface area contributed by atoms with Gasteiger partial charge in [0.1, 0.15) is 6.04 Å². The van der Waals surface area contributed by atoms with Crippen LogP contribution in [0.5, 0.6) is 0 Å². The highest BCUT2D eigenvalue weighted by atomic mass is 16.5. The minimum Gasteiger partial charge on any atom is -0.373 e. The third-order valence-electron chi connectivity index (χ3n) is 3.96. The fourth-order valence-electron chi connectivity index (χ4n) is 2.90. The number of carbonyl (C=O) groups is 2. The maximum Gasteiger partial charge on any atom is 0.245 e. The number of hydrogen-bond donors (Lipinski definition) is 1. The lowest BCUT2D eigenvalue weighted by Gasteiger charge is -2.32. The van der Waals surface area contributed by atoms with Crippen LogP contribution in [-0.4, -0.2) is 48.1 Å². The van der Waals surface area contributed by atoms with Gasteiger partial charge in [0.15, 0.2) is 0 Å². The van der Waals surface area contributed by atoms with Crippen LogP contribution < -0.4 is 5.32 Å². The van der Waals surface area contributed by atoms with Crippen LogP contribution in [-0.2, 0) is 14.3 Å². The van der Waals surface area contributed by atoms with Gasteiger partial charge in [-0.3, -0.25) is 9.59 Å². The second-order valence-corrected chi connectivity index (χ2v) is 5.82. The summed E-state index contributed by atoms with van der Waals surface area (Å²) in [4.78, 5) is 25.9. The number of ether oxygens (including phenoxy) is 1. The Bertz CT molecular complexity index is 351. The molecule has 0 spiro atoms. The zero-order valence-corrected chi connectivity index (χ0v) is 11.9. The Morgan fingerprint density at radius 3 is 2.89 bits per heavy atom. The summed E-state index contributed by atoms with van der Waals surface area (Å²) in [6.45, 7) is 5.96. The largest absolute Gasteiger partial charge is 0.373 e. The van der Waals surface area contributed by atoms with Gasteiger partial charge < -0.3 is 15.0 Å². The molecule has 1 N–H and O–H groups in total. The monoisotopic (exact) mass is 268 g/mol. The molecular weight excluding hydrogens is 244 g/mol. The molecule has 0 radical (unpaired) electrons. The third kappa shape index (κ3) is 3.47. The van der Waals surface area contributed by atoms with Gasteiger partial charge in [-0.05, 0) is 26.2 Å². The number of amides is 2. The van der Waals surface area contributed by atoms with E-state index in [4.69, 9.17) is 4.74 Å². The summed E-state index contributed by atoms with van der Waals surface area (Å²) in [7, 11) is 0. The standard InChI is InChI=1S/C14H24N2O3/c1-3-5-11-13(18)16(8-6-12(17)15-11)10-14(2)7-4-9-19-14/h11H,3-10H2,1-2H3,(H,15,17). The SMILES string of the molecule is CCCC1NC(=O)CCN(CC2(C)CCCO2)C1=O. The fourth-order valence-corrected chi connectivity index (χ4v) is 2.90. The predicted octanol–water partition coefficient (Wildman–Crippen LogP) is 1.07. The van der Waals surface area contributed by atoms with Crippen molar-refractivity contribution in [3.05, 3.63) is 0 Å². The van der Waals surface area contributed by atoms with Gasteiger partial charge in [-0.1, -0.05) is 13.3 Å². The van der Waals surface area contributed by atoms with Crippen molar-refractivity contribution in [1.82, 2.24) is 10.2 Å². The molecule has 0 aromatic carbocycles. The Labute approximate surface area is 114 Å². The van der Waals surface area contributed by atoms with Crippen LogP contribution in [0.3, 0.4) is 0 Å². The van der Waals surface area contributed by atoms with E-state index in [0.717, 1.165) is 25.9 Å². The van der Waals surface area contributed by atoms with Gasteiger partial charge in [-0.25, -0.2) is 0 Å². The molecule has 2 atom stereocenters. The van der Waals surface area contributed by atoms with Gasteiger partial charge in [0.2, 0.25) is 11.8 Å². The van der Waals surface area contributed by atoms with Crippen molar-refractivity contribution in [2.75, 3.05) is 19.7 Å². The van der Waals surface area contributed by atoms with Crippen LogP contribution in [0.2, 0.25) is 0 Å². The Hall–Kier alpha value is -1.10. The first-order chi connectivity index (χ1) is 9.04. The van der Waals surface area contributed by atoms with E-state index in [2.05, 4.69) is 12.2 Å². The van der Waals surface area contributed by atoms with E-state index in [-0.39, 0.29) is 23.5 Å². The molecule has 5 nitrogen and oxygen atoms in total. The van der Waals surface area contributed by atoms with E-state index in [0.29, 0.717) is 25.9 Å². The lowest BCUT2D eigenvalue weighted by molar-refractivity contribution is -0.137. The van der Waals surface area contributed by atoms with E-state index in [1.165, 1.54) is 0 Å². The van der Waals surface area contributed by atoms with Gasteiger partial charge >= 0.3 is 0 Å². The number of rotatable bonds is 4. The van der Waals surface area contributed by atoms with Crippen LogP contribution >= 0.6 is 0 Å². The summed E-state index contributed by atoms with van der Waals surface area (Å²) in [5.41, 5.74) is -0.236. The lowest BCUT2D eigenvalue weighted by atomic mass is 10.0. The van der Waals surface area contributed by atoms with Crippen molar-refractivity contribution in [3.63, 3.8) is 0 Å². The maximum atomic E-state index is 12.5. The fraction of sp³-hybridized carbons (Fsp3) is 0.857. The topological polar surface area (TPSA) is 58.6 Å². The van der Waals surface area contributed by atoms with Crippen LogP contribution in [0.4, 0.5) is 0 Å². The maximum absolute atomic E-state index is 12.5. The predicted molar refractivity (Wildman–Crippen MR) is 71.6 cm³/mol. The first kappa shape index (κ1) is 14.3. The first-order valence-electron chi connectivity index (χ1n) is 7.26. The quantitative estimate of drug-likeness (QED) is 0.830. The lowest BCUT2D eigenvalue weighted by Crippen LogP contribution is -2.49. The number of carbonyl (C=O) groups excluding carboxylic acids is 2. The molecule has 2 rings (SSSR count). The average Bonchev–Trinajstić information content (AvgIpc) is 2.75. The summed E-state index contributed by atoms with van der Waals surface area (Å²) in [6, 6.07) is -0.356. The van der Waals surface area contributed by atoms with Gasteiger partial charge in [0.05, 0.1) is 5.60 Å². The zero-order chi connectivity index (χ0) is 13.9. The molecule has 19 heavy (non-hydrogen) atoms. The van der Waals surface area contributed by atoms with Crippen molar-refractivity contribution in [2.24, 2.45) is 0 Å². The molecule has 0 aromatic rings. The highest BCUT2D eigenvalue weighted by molar-refractivity contribution is 5.89. The van der Waals surface area contributed by atoms with Crippen molar-refractivity contribution < 1.29 is 14.3 Å². The van der Waals surface area contributed by atoms with E-state index in [1.54, 1.807) is 0 Å². The van der Waals surface area contributed by atoms with Crippen molar-refractivity contribution in [1.29, 1.82) is 0 Å². The van der Waals surface area contributed by atoms with Gasteiger partial charge in [0.25, 0.3) is 0 Å². The Morgan fingerprint density at radius 1 is 1.47 bits per heavy atom. The highest BCUT2D eigenvalue weighted by Gasteiger charge is 2.36. The molecule has 0 bridgehead atoms. The van der Waals surface area contributed by atoms with Crippen LogP contribution in [0, 0.1) is 0 Å². The molecule has 108 valence electrons. The second kappa shape index (κ2) is 5.90. The molecule has 2 amide bonds. The molecule has 0 saturated carbocycles. The molecule has 2 saturated heterocycles. The molecule has 2 aliphatic rings. The van der Waals surface area contributed by atoms with Crippen LogP contribution in [0.1, 0.15) is 46.0 Å². The average molecular weight is 268 g/mol. The summed E-state index contributed by atoms with van der Waals surface area (Å²) >= 11 is 0. The van der Waals surface area contributed by atoms with Crippen molar-refractivity contribution in [2.45, 2.75) is 57.6 Å². The molecule has 2 fully saturated rings. The highest BCUT2D eigenvalue weighted by Crippen LogP contribution is 2.26. The Balaban J connectivity index is 2.05. The second-order valence-electron chi connectivity index (χ2n) is 5.82. The molecule has 0 aliphatic carbocycles.